The SMILES string of the molecule is Cc1ccc(-c2nc(C)sc2CC(=O)N2CCCC[C@@H]2CN2CCCC2)c(C)c1. The van der Waals surface area contributed by atoms with E-state index in [4.69, 9.17) is 4.98 Å². The van der Waals surface area contributed by atoms with Crippen LogP contribution in [0.1, 0.15) is 53.1 Å². The summed E-state index contributed by atoms with van der Waals surface area (Å²) in [5, 5.41) is 1.04. The molecule has 0 bridgehead atoms. The van der Waals surface area contributed by atoms with E-state index in [-0.39, 0.29) is 5.91 Å². The van der Waals surface area contributed by atoms with Crippen molar-refractivity contribution in [2.24, 2.45) is 0 Å². The Labute approximate surface area is 178 Å². The van der Waals surface area contributed by atoms with Crippen molar-refractivity contribution in [3.05, 3.63) is 39.2 Å². The van der Waals surface area contributed by atoms with Crippen molar-refractivity contribution in [1.29, 1.82) is 0 Å². The topological polar surface area (TPSA) is 36.4 Å². The second-order valence-electron chi connectivity index (χ2n) is 8.74. The normalized spacial score (nSPS) is 20.4. The molecule has 2 aliphatic heterocycles. The van der Waals surface area contributed by atoms with E-state index in [1.807, 2.05) is 6.92 Å². The van der Waals surface area contributed by atoms with Gasteiger partial charge in [-0.05, 0) is 71.5 Å². The monoisotopic (exact) mass is 411 g/mol. The third kappa shape index (κ3) is 4.72. The summed E-state index contributed by atoms with van der Waals surface area (Å²) < 4.78 is 0. The van der Waals surface area contributed by atoms with Crippen molar-refractivity contribution in [2.45, 2.75) is 65.3 Å². The lowest BCUT2D eigenvalue weighted by atomic mass is 9.99. The van der Waals surface area contributed by atoms with Gasteiger partial charge < -0.3 is 9.80 Å². The fourth-order valence-electron chi connectivity index (χ4n) is 4.90. The van der Waals surface area contributed by atoms with Crippen LogP contribution in [0.4, 0.5) is 0 Å². The number of carbonyl (C=O) groups is 1. The van der Waals surface area contributed by atoms with E-state index < -0.39 is 0 Å². The molecule has 0 saturated carbocycles. The predicted molar refractivity (Wildman–Crippen MR) is 120 cm³/mol. The highest BCUT2D eigenvalue weighted by molar-refractivity contribution is 7.12. The molecule has 0 spiro atoms. The third-order valence-electron chi connectivity index (χ3n) is 6.37. The molecule has 2 aromatic rings. The van der Waals surface area contributed by atoms with Crippen LogP contribution in [0.25, 0.3) is 11.3 Å². The Morgan fingerprint density at radius 3 is 2.62 bits per heavy atom. The molecule has 4 nitrogen and oxygen atoms in total. The van der Waals surface area contributed by atoms with Crippen molar-refractivity contribution in [3.63, 3.8) is 0 Å². The number of amides is 1. The number of benzene rings is 1. The lowest BCUT2D eigenvalue weighted by Gasteiger charge is -2.38. The highest BCUT2D eigenvalue weighted by Crippen LogP contribution is 2.32. The van der Waals surface area contributed by atoms with Crippen LogP contribution in [0, 0.1) is 20.8 Å². The van der Waals surface area contributed by atoms with E-state index >= 15 is 0 Å². The first-order valence-corrected chi connectivity index (χ1v) is 11.9. The minimum absolute atomic E-state index is 0.281. The highest BCUT2D eigenvalue weighted by atomic mass is 32.1. The van der Waals surface area contributed by atoms with Gasteiger partial charge in [-0.3, -0.25) is 4.79 Å². The molecule has 1 aromatic heterocycles. The van der Waals surface area contributed by atoms with Gasteiger partial charge in [-0.15, -0.1) is 11.3 Å². The van der Waals surface area contributed by atoms with Gasteiger partial charge in [0.25, 0.3) is 0 Å². The lowest BCUT2D eigenvalue weighted by molar-refractivity contribution is -0.134. The summed E-state index contributed by atoms with van der Waals surface area (Å²) in [4.78, 5) is 24.0. The van der Waals surface area contributed by atoms with Crippen LogP contribution in [0.2, 0.25) is 0 Å². The second-order valence-corrected chi connectivity index (χ2v) is 10.0. The summed E-state index contributed by atoms with van der Waals surface area (Å²) in [7, 11) is 0. The van der Waals surface area contributed by atoms with Gasteiger partial charge in [-0.1, -0.05) is 23.8 Å². The first kappa shape index (κ1) is 20.5. The second kappa shape index (κ2) is 8.97. The minimum Gasteiger partial charge on any atom is -0.338 e. The Bertz CT molecular complexity index is 869. The summed E-state index contributed by atoms with van der Waals surface area (Å²) in [6.07, 6.45) is 6.61. The molecule has 2 fully saturated rings. The maximum Gasteiger partial charge on any atom is 0.228 e. The Hall–Kier alpha value is -1.72. The van der Waals surface area contributed by atoms with Crippen LogP contribution in [-0.2, 0) is 11.2 Å². The van der Waals surface area contributed by atoms with Gasteiger partial charge in [-0.2, -0.15) is 0 Å². The third-order valence-corrected chi connectivity index (χ3v) is 7.34. The number of likely N-dealkylation sites (tertiary alicyclic amines) is 2. The molecule has 5 heteroatoms. The highest BCUT2D eigenvalue weighted by Gasteiger charge is 2.30. The van der Waals surface area contributed by atoms with Crippen LogP contribution in [0.3, 0.4) is 0 Å². The van der Waals surface area contributed by atoms with Crippen molar-refractivity contribution >= 4 is 17.2 Å². The van der Waals surface area contributed by atoms with E-state index in [0.717, 1.165) is 47.1 Å². The zero-order valence-corrected chi connectivity index (χ0v) is 18.9. The van der Waals surface area contributed by atoms with Crippen LogP contribution in [-0.4, -0.2) is 52.9 Å². The van der Waals surface area contributed by atoms with Crippen molar-refractivity contribution < 1.29 is 4.79 Å². The zero-order valence-electron chi connectivity index (χ0n) is 18.0. The molecule has 1 amide bonds. The summed E-state index contributed by atoms with van der Waals surface area (Å²) in [6, 6.07) is 6.88. The average Bonchev–Trinajstić information content (AvgIpc) is 3.32. The van der Waals surface area contributed by atoms with E-state index in [1.165, 1.54) is 43.5 Å². The zero-order chi connectivity index (χ0) is 20.4. The molecule has 0 N–H and O–H groups in total. The molecule has 156 valence electrons. The van der Waals surface area contributed by atoms with Gasteiger partial charge in [0.2, 0.25) is 5.91 Å². The molecular weight excluding hydrogens is 378 g/mol. The maximum atomic E-state index is 13.4. The Morgan fingerprint density at radius 2 is 1.86 bits per heavy atom. The maximum absolute atomic E-state index is 13.4. The number of aryl methyl sites for hydroxylation is 3. The fourth-order valence-corrected chi connectivity index (χ4v) is 5.84. The van der Waals surface area contributed by atoms with E-state index in [1.54, 1.807) is 11.3 Å². The summed E-state index contributed by atoms with van der Waals surface area (Å²) in [5.41, 5.74) is 4.66. The molecule has 3 heterocycles. The van der Waals surface area contributed by atoms with Gasteiger partial charge in [0, 0.05) is 29.6 Å². The number of hydrogen-bond acceptors (Lipinski definition) is 4. The van der Waals surface area contributed by atoms with Crippen molar-refractivity contribution in [2.75, 3.05) is 26.2 Å². The minimum atomic E-state index is 0.281. The van der Waals surface area contributed by atoms with Crippen molar-refractivity contribution in [3.8, 4) is 11.3 Å². The largest absolute Gasteiger partial charge is 0.338 e. The van der Waals surface area contributed by atoms with Crippen LogP contribution < -0.4 is 0 Å². The van der Waals surface area contributed by atoms with Gasteiger partial charge in [0.15, 0.2) is 0 Å². The van der Waals surface area contributed by atoms with Crippen LogP contribution in [0.15, 0.2) is 18.2 Å². The average molecular weight is 412 g/mol. The number of aromatic nitrogens is 1. The first-order chi connectivity index (χ1) is 14.0. The van der Waals surface area contributed by atoms with Crippen LogP contribution >= 0.6 is 11.3 Å². The Morgan fingerprint density at radius 1 is 1.10 bits per heavy atom. The summed E-state index contributed by atoms with van der Waals surface area (Å²) >= 11 is 1.68. The number of carbonyl (C=O) groups excluding carboxylic acids is 1. The smallest absolute Gasteiger partial charge is 0.228 e. The number of hydrogen-bond donors (Lipinski definition) is 0. The van der Waals surface area contributed by atoms with Crippen LogP contribution in [0.5, 0.6) is 0 Å². The summed E-state index contributed by atoms with van der Waals surface area (Å²) in [5.74, 6) is 0.281. The molecule has 2 aliphatic rings. The quantitative estimate of drug-likeness (QED) is 0.712. The first-order valence-electron chi connectivity index (χ1n) is 11.1. The molecule has 1 atom stereocenters. The molecule has 0 aliphatic carbocycles. The lowest BCUT2D eigenvalue weighted by Crippen LogP contribution is -2.49. The number of nitrogens with zero attached hydrogens (tertiary/aromatic N) is 3. The standard InChI is InChI=1S/C24H33N3OS/c1-17-9-10-21(18(2)14-17)24-22(29-19(3)25-24)15-23(28)27-13-5-4-8-20(27)16-26-11-6-7-12-26/h9-10,14,20H,4-8,11-13,15-16H2,1-3H3/t20-/m1/s1. The molecule has 0 radical (unpaired) electrons. The van der Waals surface area contributed by atoms with Gasteiger partial charge in [0.1, 0.15) is 0 Å². The Balaban J connectivity index is 1.53. The molecule has 29 heavy (non-hydrogen) atoms. The number of piperidine rings is 1. The summed E-state index contributed by atoms with van der Waals surface area (Å²) in [6.45, 7) is 10.7. The molecule has 4 rings (SSSR count). The molecule has 2 saturated heterocycles. The van der Waals surface area contributed by atoms with Gasteiger partial charge in [0.05, 0.1) is 17.1 Å². The van der Waals surface area contributed by atoms with E-state index in [0.29, 0.717) is 12.5 Å². The van der Waals surface area contributed by atoms with Gasteiger partial charge >= 0.3 is 0 Å². The predicted octanol–water partition coefficient (Wildman–Crippen LogP) is 4.75. The number of thiazole rings is 1. The fraction of sp³-hybridized carbons (Fsp3) is 0.583. The molecule has 0 unspecified atom stereocenters. The van der Waals surface area contributed by atoms with Crippen molar-refractivity contribution in [1.82, 2.24) is 14.8 Å². The van der Waals surface area contributed by atoms with E-state index in [2.05, 4.69) is 41.8 Å². The molecular formula is C24H33N3OS. The number of rotatable bonds is 5. The van der Waals surface area contributed by atoms with Gasteiger partial charge in [-0.25, -0.2) is 4.98 Å². The Kier molecular flexibility index (Phi) is 6.35. The van der Waals surface area contributed by atoms with E-state index in [9.17, 15) is 4.79 Å². The molecule has 1 aromatic carbocycles.